The lowest BCUT2D eigenvalue weighted by atomic mass is 10.1. The Balaban J connectivity index is 1.79. The van der Waals surface area contributed by atoms with Gasteiger partial charge in [0.05, 0.1) is 0 Å². The molecule has 0 radical (unpaired) electrons. The Morgan fingerprint density at radius 2 is 1.81 bits per heavy atom. The van der Waals surface area contributed by atoms with E-state index < -0.39 is 0 Å². The molecule has 0 aliphatic carbocycles. The highest BCUT2D eigenvalue weighted by Crippen LogP contribution is 2.12. The summed E-state index contributed by atoms with van der Waals surface area (Å²) in [6, 6.07) is 12.4. The third-order valence-electron chi connectivity index (χ3n) is 2.93. The van der Waals surface area contributed by atoms with Crippen LogP contribution in [0.25, 0.3) is 0 Å². The Morgan fingerprint density at radius 3 is 2.52 bits per heavy atom. The third-order valence-corrected chi connectivity index (χ3v) is 2.93. The van der Waals surface area contributed by atoms with Crippen LogP contribution in [0.3, 0.4) is 0 Å². The number of aromatic nitrogens is 2. The molecule has 0 saturated heterocycles. The van der Waals surface area contributed by atoms with Crippen LogP contribution in [0.1, 0.15) is 32.8 Å². The van der Waals surface area contributed by atoms with Gasteiger partial charge in [0.2, 0.25) is 5.95 Å². The number of nitrogens with zero attached hydrogens (tertiary/aromatic N) is 2. The SMILES string of the molecule is CC(C)(C)Nc1ccnc(NCCCc2ccccc2)n1. The van der Waals surface area contributed by atoms with Crippen LogP contribution in [0.15, 0.2) is 42.6 Å². The average Bonchev–Trinajstić information content (AvgIpc) is 2.43. The molecule has 0 aliphatic rings. The fourth-order valence-corrected chi connectivity index (χ4v) is 2.04. The quantitative estimate of drug-likeness (QED) is 0.794. The molecule has 4 heteroatoms. The smallest absolute Gasteiger partial charge is 0.224 e. The van der Waals surface area contributed by atoms with E-state index in [0.717, 1.165) is 25.2 Å². The number of aryl methyl sites for hydroxylation is 1. The zero-order chi connectivity index (χ0) is 15.1. The maximum Gasteiger partial charge on any atom is 0.224 e. The highest BCUT2D eigenvalue weighted by atomic mass is 15.1. The first-order chi connectivity index (χ1) is 10.0. The van der Waals surface area contributed by atoms with Crippen molar-refractivity contribution in [2.24, 2.45) is 0 Å². The van der Waals surface area contributed by atoms with Gasteiger partial charge in [-0.25, -0.2) is 4.98 Å². The molecule has 21 heavy (non-hydrogen) atoms. The van der Waals surface area contributed by atoms with Crippen LogP contribution >= 0.6 is 0 Å². The maximum absolute atomic E-state index is 4.47. The minimum absolute atomic E-state index is 0.00106. The van der Waals surface area contributed by atoms with Crippen molar-refractivity contribution in [2.45, 2.75) is 39.2 Å². The molecule has 2 N–H and O–H groups in total. The topological polar surface area (TPSA) is 49.8 Å². The molecule has 2 aromatic rings. The molecule has 1 aromatic heterocycles. The molecule has 0 amide bonds. The fourth-order valence-electron chi connectivity index (χ4n) is 2.04. The Morgan fingerprint density at radius 1 is 1.05 bits per heavy atom. The Labute approximate surface area is 127 Å². The molecule has 1 heterocycles. The van der Waals surface area contributed by atoms with Crippen LogP contribution in [0, 0.1) is 0 Å². The number of rotatable bonds is 6. The molecule has 0 unspecified atom stereocenters. The summed E-state index contributed by atoms with van der Waals surface area (Å²) in [5.74, 6) is 1.53. The molecule has 0 spiro atoms. The summed E-state index contributed by atoms with van der Waals surface area (Å²) in [6.07, 6.45) is 3.90. The van der Waals surface area contributed by atoms with Crippen LogP contribution in [-0.2, 0) is 6.42 Å². The summed E-state index contributed by atoms with van der Waals surface area (Å²) >= 11 is 0. The van der Waals surface area contributed by atoms with Gasteiger partial charge < -0.3 is 10.6 Å². The highest BCUT2D eigenvalue weighted by molar-refractivity contribution is 5.41. The van der Waals surface area contributed by atoms with Crippen molar-refractivity contribution in [3.8, 4) is 0 Å². The van der Waals surface area contributed by atoms with Gasteiger partial charge in [-0.05, 0) is 45.2 Å². The second-order valence-corrected chi connectivity index (χ2v) is 6.16. The van der Waals surface area contributed by atoms with Gasteiger partial charge >= 0.3 is 0 Å². The van der Waals surface area contributed by atoms with E-state index in [9.17, 15) is 0 Å². The molecule has 0 aliphatic heterocycles. The fraction of sp³-hybridized carbons (Fsp3) is 0.412. The predicted octanol–water partition coefficient (Wildman–Crippen LogP) is 3.73. The van der Waals surface area contributed by atoms with E-state index in [0.29, 0.717) is 5.95 Å². The Hall–Kier alpha value is -2.10. The molecule has 1 aromatic carbocycles. The van der Waals surface area contributed by atoms with Crippen molar-refractivity contribution < 1.29 is 0 Å². The first kappa shape index (κ1) is 15.3. The molecule has 112 valence electrons. The van der Waals surface area contributed by atoms with E-state index in [1.807, 2.05) is 12.1 Å². The zero-order valence-electron chi connectivity index (χ0n) is 13.1. The summed E-state index contributed by atoms with van der Waals surface area (Å²) in [5.41, 5.74) is 1.36. The Kier molecular flexibility index (Phi) is 5.14. The summed E-state index contributed by atoms with van der Waals surface area (Å²) in [6.45, 7) is 7.21. The number of hydrogen-bond donors (Lipinski definition) is 2. The van der Waals surface area contributed by atoms with Gasteiger partial charge in [0.25, 0.3) is 0 Å². The van der Waals surface area contributed by atoms with Gasteiger partial charge in [0.1, 0.15) is 5.82 Å². The zero-order valence-corrected chi connectivity index (χ0v) is 13.1. The standard InChI is InChI=1S/C17H24N4/c1-17(2,3)21-15-11-13-19-16(20-15)18-12-7-10-14-8-5-4-6-9-14/h4-6,8-9,11,13H,7,10,12H2,1-3H3,(H2,18,19,20,21). The van der Waals surface area contributed by atoms with Crippen molar-refractivity contribution in [1.29, 1.82) is 0 Å². The maximum atomic E-state index is 4.47. The lowest BCUT2D eigenvalue weighted by Gasteiger charge is -2.21. The van der Waals surface area contributed by atoms with Crippen LogP contribution in [0.2, 0.25) is 0 Å². The number of anilines is 2. The molecule has 0 bridgehead atoms. The van der Waals surface area contributed by atoms with Crippen molar-refractivity contribution in [3.05, 3.63) is 48.2 Å². The third kappa shape index (κ3) is 5.81. The molecular formula is C17H24N4. The van der Waals surface area contributed by atoms with Crippen LogP contribution in [0.4, 0.5) is 11.8 Å². The summed E-state index contributed by atoms with van der Waals surface area (Å²) in [4.78, 5) is 8.72. The molecule has 0 fully saturated rings. The first-order valence-corrected chi connectivity index (χ1v) is 7.42. The Bertz CT molecular complexity index is 546. The van der Waals surface area contributed by atoms with E-state index in [-0.39, 0.29) is 5.54 Å². The van der Waals surface area contributed by atoms with Gasteiger partial charge in [0, 0.05) is 18.3 Å². The molecular weight excluding hydrogens is 260 g/mol. The molecule has 2 rings (SSSR count). The minimum atomic E-state index is -0.00106. The van der Waals surface area contributed by atoms with Crippen LogP contribution in [0.5, 0.6) is 0 Å². The van der Waals surface area contributed by atoms with Crippen molar-refractivity contribution in [1.82, 2.24) is 9.97 Å². The average molecular weight is 284 g/mol. The molecule has 0 saturated carbocycles. The van der Waals surface area contributed by atoms with Gasteiger partial charge in [-0.15, -0.1) is 0 Å². The lowest BCUT2D eigenvalue weighted by molar-refractivity contribution is 0.630. The van der Waals surface area contributed by atoms with Gasteiger partial charge in [0.15, 0.2) is 0 Å². The number of hydrogen-bond acceptors (Lipinski definition) is 4. The largest absolute Gasteiger partial charge is 0.365 e. The monoisotopic (exact) mass is 284 g/mol. The van der Waals surface area contributed by atoms with Crippen molar-refractivity contribution in [2.75, 3.05) is 17.2 Å². The summed E-state index contributed by atoms with van der Waals surface area (Å²) < 4.78 is 0. The second-order valence-electron chi connectivity index (χ2n) is 6.16. The normalized spacial score (nSPS) is 11.2. The van der Waals surface area contributed by atoms with E-state index in [1.165, 1.54) is 5.56 Å². The number of benzene rings is 1. The van der Waals surface area contributed by atoms with Gasteiger partial charge in [-0.1, -0.05) is 30.3 Å². The van der Waals surface area contributed by atoms with Crippen LogP contribution < -0.4 is 10.6 Å². The lowest BCUT2D eigenvalue weighted by Crippen LogP contribution is -2.26. The first-order valence-electron chi connectivity index (χ1n) is 7.42. The number of nitrogens with one attached hydrogen (secondary N) is 2. The second kappa shape index (κ2) is 7.07. The summed E-state index contributed by atoms with van der Waals surface area (Å²) in [5, 5.41) is 6.63. The van der Waals surface area contributed by atoms with E-state index >= 15 is 0 Å². The predicted molar refractivity (Wildman–Crippen MR) is 88.7 cm³/mol. The molecule has 0 atom stereocenters. The van der Waals surface area contributed by atoms with E-state index in [4.69, 9.17) is 0 Å². The highest BCUT2D eigenvalue weighted by Gasteiger charge is 2.10. The summed E-state index contributed by atoms with van der Waals surface area (Å²) in [7, 11) is 0. The van der Waals surface area contributed by atoms with Gasteiger partial charge in [-0.2, -0.15) is 4.98 Å². The van der Waals surface area contributed by atoms with E-state index in [2.05, 4.69) is 65.6 Å². The van der Waals surface area contributed by atoms with Crippen molar-refractivity contribution in [3.63, 3.8) is 0 Å². The van der Waals surface area contributed by atoms with Crippen molar-refractivity contribution >= 4 is 11.8 Å². The van der Waals surface area contributed by atoms with Crippen LogP contribution in [-0.4, -0.2) is 22.1 Å². The molecule has 4 nitrogen and oxygen atoms in total. The van der Waals surface area contributed by atoms with E-state index in [1.54, 1.807) is 6.20 Å². The minimum Gasteiger partial charge on any atom is -0.365 e. The van der Waals surface area contributed by atoms with Gasteiger partial charge in [-0.3, -0.25) is 0 Å².